The minimum Gasteiger partial charge on any atom is -0.353 e. The quantitative estimate of drug-likeness (QED) is 0.244. The van der Waals surface area contributed by atoms with Gasteiger partial charge in [-0.15, -0.1) is 0 Å². The van der Waals surface area contributed by atoms with Gasteiger partial charge in [-0.2, -0.15) is 0 Å². The number of carbonyl (C=O) groups is 1. The summed E-state index contributed by atoms with van der Waals surface area (Å²) in [6.45, 7) is 6.46. The summed E-state index contributed by atoms with van der Waals surface area (Å²) in [7, 11) is 0. The molecule has 0 aromatic heterocycles. The molecule has 1 saturated carbocycles. The molecule has 2 nitrogen and oxygen atoms in total. The Labute approximate surface area is 201 Å². The normalized spacial score (nSPS) is 18.1. The molecule has 0 bridgehead atoms. The second-order valence-corrected chi connectivity index (χ2v) is 9.84. The zero-order chi connectivity index (χ0) is 23.3. The minimum absolute atomic E-state index is 0.0976. The zero-order valence-corrected chi connectivity index (χ0v) is 20.7. The summed E-state index contributed by atoms with van der Waals surface area (Å²) in [5, 5.41) is 2.83. The fourth-order valence-electron chi connectivity index (χ4n) is 5.21. The van der Waals surface area contributed by atoms with E-state index in [2.05, 4.69) is 67.4 Å². The molecule has 33 heavy (non-hydrogen) atoms. The molecule has 2 aromatic rings. The number of aryl methyl sites for hydroxylation is 1. The lowest BCUT2D eigenvalue weighted by Crippen LogP contribution is -2.22. The van der Waals surface area contributed by atoms with Crippen LogP contribution in [-0.4, -0.2) is 12.5 Å². The van der Waals surface area contributed by atoms with E-state index in [4.69, 9.17) is 0 Å². The molecule has 2 aromatic carbocycles. The van der Waals surface area contributed by atoms with Gasteiger partial charge >= 0.3 is 0 Å². The lowest BCUT2D eigenvalue weighted by atomic mass is 9.77. The van der Waals surface area contributed by atoms with Gasteiger partial charge in [-0.1, -0.05) is 101 Å². The van der Waals surface area contributed by atoms with Crippen LogP contribution in [0.3, 0.4) is 0 Å². The van der Waals surface area contributed by atoms with Crippen LogP contribution >= 0.6 is 0 Å². The predicted molar refractivity (Wildman–Crippen MR) is 141 cm³/mol. The van der Waals surface area contributed by atoms with Crippen molar-refractivity contribution in [3.8, 4) is 11.1 Å². The second-order valence-electron chi connectivity index (χ2n) is 9.84. The van der Waals surface area contributed by atoms with Crippen molar-refractivity contribution in [3.63, 3.8) is 0 Å². The standard InChI is InChI=1S/C31H43NO/c1-3-5-6-7-8-10-25-12-16-27(17-13-25)29-20-22-30(23-21-29)28-18-14-26(15-19-28)11-9-24-32-31(33)4-2/h4,14-15,18-23,25,27H,2-3,5-13,16-17,24H2,1H3,(H,32,33). The summed E-state index contributed by atoms with van der Waals surface area (Å²) >= 11 is 0. The van der Waals surface area contributed by atoms with E-state index in [0.29, 0.717) is 6.54 Å². The van der Waals surface area contributed by atoms with Gasteiger partial charge < -0.3 is 5.32 Å². The van der Waals surface area contributed by atoms with Gasteiger partial charge in [0.2, 0.25) is 5.91 Å². The van der Waals surface area contributed by atoms with Crippen LogP contribution in [0, 0.1) is 5.92 Å². The van der Waals surface area contributed by atoms with Crippen molar-refractivity contribution in [3.05, 3.63) is 72.3 Å². The highest BCUT2D eigenvalue weighted by molar-refractivity contribution is 5.86. The largest absolute Gasteiger partial charge is 0.353 e. The first-order valence-electron chi connectivity index (χ1n) is 13.3. The summed E-state index contributed by atoms with van der Waals surface area (Å²) in [6.07, 6.45) is 17.3. The number of hydrogen-bond acceptors (Lipinski definition) is 1. The van der Waals surface area contributed by atoms with Crippen LogP contribution in [0.5, 0.6) is 0 Å². The Morgan fingerprint density at radius 1 is 0.879 bits per heavy atom. The van der Waals surface area contributed by atoms with E-state index in [1.807, 2.05) is 0 Å². The first kappa shape index (κ1) is 25.3. The molecule has 0 heterocycles. The lowest BCUT2D eigenvalue weighted by Gasteiger charge is -2.29. The van der Waals surface area contributed by atoms with Crippen molar-refractivity contribution in [2.75, 3.05) is 6.54 Å². The maximum Gasteiger partial charge on any atom is 0.243 e. The highest BCUT2D eigenvalue weighted by Crippen LogP contribution is 2.38. The highest BCUT2D eigenvalue weighted by Gasteiger charge is 2.22. The summed E-state index contributed by atoms with van der Waals surface area (Å²) in [4.78, 5) is 11.2. The first-order chi connectivity index (χ1) is 16.2. The molecule has 1 N–H and O–H groups in total. The third-order valence-electron chi connectivity index (χ3n) is 7.36. The Morgan fingerprint density at radius 3 is 2.15 bits per heavy atom. The zero-order valence-electron chi connectivity index (χ0n) is 20.7. The third-order valence-corrected chi connectivity index (χ3v) is 7.36. The molecule has 1 fully saturated rings. The number of hydrogen-bond donors (Lipinski definition) is 1. The highest BCUT2D eigenvalue weighted by atomic mass is 16.1. The Kier molecular flexibility index (Phi) is 10.7. The molecule has 0 atom stereocenters. The molecule has 1 aliphatic carbocycles. The average Bonchev–Trinajstić information content (AvgIpc) is 2.87. The molecule has 3 rings (SSSR count). The van der Waals surface area contributed by atoms with Crippen LogP contribution < -0.4 is 5.32 Å². The lowest BCUT2D eigenvalue weighted by molar-refractivity contribution is -0.116. The molecule has 2 heteroatoms. The maximum absolute atomic E-state index is 11.2. The van der Waals surface area contributed by atoms with Gasteiger partial charge in [-0.25, -0.2) is 0 Å². The smallest absolute Gasteiger partial charge is 0.243 e. The van der Waals surface area contributed by atoms with Gasteiger partial charge in [0, 0.05) is 6.54 Å². The van der Waals surface area contributed by atoms with Gasteiger partial charge in [-0.05, 0) is 78.7 Å². The first-order valence-corrected chi connectivity index (χ1v) is 13.3. The molecule has 0 unspecified atom stereocenters. The van der Waals surface area contributed by atoms with Crippen LogP contribution in [0.1, 0.15) is 94.6 Å². The third kappa shape index (κ3) is 8.50. The van der Waals surface area contributed by atoms with E-state index in [9.17, 15) is 4.79 Å². The Hall–Kier alpha value is -2.35. The number of amides is 1. The molecule has 1 aliphatic rings. The van der Waals surface area contributed by atoms with Crippen LogP contribution in [-0.2, 0) is 11.2 Å². The van der Waals surface area contributed by atoms with Crippen LogP contribution in [0.4, 0.5) is 0 Å². The number of unbranched alkanes of at least 4 members (excludes halogenated alkanes) is 4. The number of benzene rings is 2. The molecule has 1 amide bonds. The maximum atomic E-state index is 11.2. The average molecular weight is 446 g/mol. The Balaban J connectivity index is 1.42. The van der Waals surface area contributed by atoms with Crippen LogP contribution in [0.25, 0.3) is 11.1 Å². The monoisotopic (exact) mass is 445 g/mol. The van der Waals surface area contributed by atoms with Crippen molar-refractivity contribution >= 4 is 5.91 Å². The molecule has 0 spiro atoms. The van der Waals surface area contributed by atoms with Gasteiger partial charge in [0.15, 0.2) is 0 Å². The number of rotatable bonds is 13. The van der Waals surface area contributed by atoms with Crippen molar-refractivity contribution in [2.45, 2.75) is 89.9 Å². The van der Waals surface area contributed by atoms with Gasteiger partial charge in [0.05, 0.1) is 0 Å². The van der Waals surface area contributed by atoms with Gasteiger partial charge in [0.1, 0.15) is 0 Å². The van der Waals surface area contributed by atoms with Crippen molar-refractivity contribution < 1.29 is 4.79 Å². The molecular formula is C31H43NO. The van der Waals surface area contributed by atoms with E-state index >= 15 is 0 Å². The van der Waals surface area contributed by atoms with Crippen molar-refractivity contribution in [2.24, 2.45) is 5.92 Å². The Bertz CT molecular complexity index is 828. The molecule has 178 valence electrons. The minimum atomic E-state index is -0.0976. The molecule has 0 radical (unpaired) electrons. The van der Waals surface area contributed by atoms with Crippen molar-refractivity contribution in [1.82, 2.24) is 5.32 Å². The van der Waals surface area contributed by atoms with Gasteiger partial charge in [0.25, 0.3) is 0 Å². The topological polar surface area (TPSA) is 29.1 Å². The number of carbonyl (C=O) groups excluding carboxylic acids is 1. The van der Waals surface area contributed by atoms with Crippen LogP contribution in [0.15, 0.2) is 61.2 Å². The van der Waals surface area contributed by atoms with E-state index < -0.39 is 0 Å². The summed E-state index contributed by atoms with van der Waals surface area (Å²) < 4.78 is 0. The van der Waals surface area contributed by atoms with Gasteiger partial charge in [-0.3, -0.25) is 4.79 Å². The fraction of sp³-hybridized carbons (Fsp3) is 0.516. The van der Waals surface area contributed by atoms with Crippen LogP contribution in [0.2, 0.25) is 0 Å². The molecule has 0 aliphatic heterocycles. The molecule has 0 saturated heterocycles. The number of nitrogens with one attached hydrogen (secondary N) is 1. The van der Waals surface area contributed by atoms with Crippen molar-refractivity contribution in [1.29, 1.82) is 0 Å². The second kappa shape index (κ2) is 14.0. The molecular weight excluding hydrogens is 402 g/mol. The summed E-state index contributed by atoms with van der Waals surface area (Å²) in [6, 6.07) is 18.2. The van der Waals surface area contributed by atoms with E-state index in [1.165, 1.54) is 92.5 Å². The fourth-order valence-corrected chi connectivity index (χ4v) is 5.21. The Morgan fingerprint density at radius 2 is 1.52 bits per heavy atom. The van der Waals surface area contributed by atoms with E-state index in [0.717, 1.165) is 24.7 Å². The van der Waals surface area contributed by atoms with E-state index in [1.54, 1.807) is 0 Å². The van der Waals surface area contributed by atoms with E-state index in [-0.39, 0.29) is 5.91 Å². The summed E-state index contributed by atoms with van der Waals surface area (Å²) in [5.41, 5.74) is 5.41. The summed E-state index contributed by atoms with van der Waals surface area (Å²) in [5.74, 6) is 1.62. The predicted octanol–water partition coefficient (Wildman–Crippen LogP) is 8.22. The SMILES string of the molecule is C=CC(=O)NCCCc1ccc(-c2ccc(C3CCC(CCCCCCC)CC3)cc2)cc1.